The molecule has 0 saturated carbocycles. The molecule has 4 nitrogen and oxygen atoms in total. The molecule has 1 aliphatic rings. The standard InChI is InChI=1S/C13H15F2NO3/c1-9-8-16(5-6-18-9)12(17)10-3-2-4-11(7-10)19-13(14)15/h2-4,7,9,13H,5-6,8H2,1H3. The second kappa shape index (κ2) is 5.97. The topological polar surface area (TPSA) is 38.8 Å². The van der Waals surface area contributed by atoms with Gasteiger partial charge >= 0.3 is 6.61 Å². The zero-order valence-electron chi connectivity index (χ0n) is 10.5. The number of carbonyl (C=O) groups excluding carboxylic acids is 1. The van der Waals surface area contributed by atoms with Crippen LogP contribution in [-0.2, 0) is 4.74 Å². The van der Waals surface area contributed by atoms with Crippen LogP contribution in [0.3, 0.4) is 0 Å². The molecule has 1 aromatic carbocycles. The monoisotopic (exact) mass is 271 g/mol. The summed E-state index contributed by atoms with van der Waals surface area (Å²) >= 11 is 0. The molecule has 1 heterocycles. The van der Waals surface area contributed by atoms with E-state index in [-0.39, 0.29) is 17.8 Å². The summed E-state index contributed by atoms with van der Waals surface area (Å²) in [7, 11) is 0. The Bertz CT molecular complexity index is 453. The Morgan fingerprint density at radius 2 is 2.32 bits per heavy atom. The summed E-state index contributed by atoms with van der Waals surface area (Å²) in [6.07, 6.45) is -0.0156. The molecule has 1 fully saturated rings. The highest BCUT2D eigenvalue weighted by Gasteiger charge is 2.22. The first-order chi connectivity index (χ1) is 9.06. The van der Waals surface area contributed by atoms with Crippen molar-refractivity contribution in [3.63, 3.8) is 0 Å². The van der Waals surface area contributed by atoms with Crippen molar-refractivity contribution < 1.29 is 23.0 Å². The van der Waals surface area contributed by atoms with E-state index in [1.54, 1.807) is 11.0 Å². The molecule has 1 aliphatic heterocycles. The van der Waals surface area contributed by atoms with Gasteiger partial charge in [0.15, 0.2) is 0 Å². The van der Waals surface area contributed by atoms with Gasteiger partial charge in [-0.05, 0) is 25.1 Å². The van der Waals surface area contributed by atoms with Crippen LogP contribution in [0.25, 0.3) is 0 Å². The average Bonchev–Trinajstić information content (AvgIpc) is 2.37. The maximum absolute atomic E-state index is 12.2. The van der Waals surface area contributed by atoms with Gasteiger partial charge in [0.2, 0.25) is 0 Å². The minimum Gasteiger partial charge on any atom is -0.435 e. The van der Waals surface area contributed by atoms with E-state index < -0.39 is 6.61 Å². The van der Waals surface area contributed by atoms with E-state index >= 15 is 0 Å². The van der Waals surface area contributed by atoms with Crippen molar-refractivity contribution >= 4 is 5.91 Å². The lowest BCUT2D eigenvalue weighted by atomic mass is 10.1. The Kier molecular flexibility index (Phi) is 4.31. The summed E-state index contributed by atoms with van der Waals surface area (Å²) < 4.78 is 33.9. The number of ether oxygens (including phenoxy) is 2. The van der Waals surface area contributed by atoms with E-state index in [2.05, 4.69) is 4.74 Å². The Hall–Kier alpha value is -1.69. The number of halogens is 2. The van der Waals surface area contributed by atoms with Gasteiger partial charge in [0, 0.05) is 18.7 Å². The van der Waals surface area contributed by atoms with Crippen LogP contribution < -0.4 is 4.74 Å². The molecule has 104 valence electrons. The molecule has 2 rings (SSSR count). The van der Waals surface area contributed by atoms with E-state index in [9.17, 15) is 13.6 Å². The van der Waals surface area contributed by atoms with Crippen molar-refractivity contribution in [3.8, 4) is 5.75 Å². The second-order valence-electron chi connectivity index (χ2n) is 4.34. The molecule has 0 spiro atoms. The molecule has 19 heavy (non-hydrogen) atoms. The largest absolute Gasteiger partial charge is 0.435 e. The van der Waals surface area contributed by atoms with Gasteiger partial charge in [0.05, 0.1) is 12.7 Å². The highest BCUT2D eigenvalue weighted by atomic mass is 19.3. The van der Waals surface area contributed by atoms with Crippen LogP contribution in [0.2, 0.25) is 0 Å². The number of hydrogen-bond acceptors (Lipinski definition) is 3. The van der Waals surface area contributed by atoms with E-state index in [4.69, 9.17) is 4.74 Å². The molecule has 1 unspecified atom stereocenters. The van der Waals surface area contributed by atoms with Crippen LogP contribution in [0.15, 0.2) is 24.3 Å². The Balaban J connectivity index is 2.10. The third-order valence-electron chi connectivity index (χ3n) is 2.83. The molecule has 1 aromatic rings. The first kappa shape index (κ1) is 13.7. The van der Waals surface area contributed by atoms with Gasteiger partial charge in [-0.3, -0.25) is 4.79 Å². The summed E-state index contributed by atoms with van der Waals surface area (Å²) in [5.41, 5.74) is 0.340. The van der Waals surface area contributed by atoms with Crippen LogP contribution in [0.4, 0.5) is 8.78 Å². The van der Waals surface area contributed by atoms with Gasteiger partial charge in [0.25, 0.3) is 5.91 Å². The molecular formula is C13H15F2NO3. The van der Waals surface area contributed by atoms with Crippen molar-refractivity contribution in [3.05, 3.63) is 29.8 Å². The van der Waals surface area contributed by atoms with Gasteiger partial charge in [-0.15, -0.1) is 0 Å². The fraction of sp³-hybridized carbons (Fsp3) is 0.462. The number of nitrogens with zero attached hydrogens (tertiary/aromatic N) is 1. The third-order valence-corrected chi connectivity index (χ3v) is 2.83. The lowest BCUT2D eigenvalue weighted by Crippen LogP contribution is -2.44. The maximum atomic E-state index is 12.2. The highest BCUT2D eigenvalue weighted by molar-refractivity contribution is 5.94. The van der Waals surface area contributed by atoms with Crippen LogP contribution in [0.1, 0.15) is 17.3 Å². The molecule has 0 bridgehead atoms. The van der Waals surface area contributed by atoms with Gasteiger partial charge < -0.3 is 14.4 Å². The van der Waals surface area contributed by atoms with E-state index in [1.165, 1.54) is 18.2 Å². The Morgan fingerprint density at radius 1 is 1.53 bits per heavy atom. The minimum absolute atomic E-state index is 0.0119. The summed E-state index contributed by atoms with van der Waals surface area (Å²) in [5, 5.41) is 0. The molecule has 0 aliphatic carbocycles. The van der Waals surface area contributed by atoms with Gasteiger partial charge in [0.1, 0.15) is 5.75 Å². The van der Waals surface area contributed by atoms with E-state index in [1.807, 2.05) is 6.92 Å². The third kappa shape index (κ3) is 3.64. The number of hydrogen-bond donors (Lipinski definition) is 0. The molecule has 1 saturated heterocycles. The Labute approximate surface area is 109 Å². The first-order valence-electron chi connectivity index (χ1n) is 6.02. The molecule has 0 N–H and O–H groups in total. The van der Waals surface area contributed by atoms with Crippen molar-refractivity contribution in [2.45, 2.75) is 19.6 Å². The lowest BCUT2D eigenvalue weighted by molar-refractivity contribution is -0.0499. The summed E-state index contributed by atoms with van der Waals surface area (Å²) in [4.78, 5) is 13.9. The van der Waals surface area contributed by atoms with Gasteiger partial charge in [-0.25, -0.2) is 0 Å². The Morgan fingerprint density at radius 3 is 3.00 bits per heavy atom. The average molecular weight is 271 g/mol. The van der Waals surface area contributed by atoms with Crippen LogP contribution in [-0.4, -0.2) is 43.2 Å². The summed E-state index contributed by atoms with van der Waals surface area (Å²) in [6, 6.07) is 5.83. The quantitative estimate of drug-likeness (QED) is 0.845. The van der Waals surface area contributed by atoms with Crippen molar-refractivity contribution in [2.75, 3.05) is 19.7 Å². The summed E-state index contributed by atoms with van der Waals surface area (Å²) in [6.45, 7) is 0.478. The lowest BCUT2D eigenvalue weighted by Gasteiger charge is -2.31. The van der Waals surface area contributed by atoms with Crippen LogP contribution >= 0.6 is 0 Å². The van der Waals surface area contributed by atoms with Gasteiger partial charge in [-0.1, -0.05) is 6.07 Å². The fourth-order valence-corrected chi connectivity index (χ4v) is 1.99. The van der Waals surface area contributed by atoms with Crippen LogP contribution in [0, 0.1) is 0 Å². The number of morpholine rings is 1. The number of alkyl halides is 2. The van der Waals surface area contributed by atoms with Crippen LogP contribution in [0.5, 0.6) is 5.75 Å². The molecular weight excluding hydrogens is 256 g/mol. The van der Waals surface area contributed by atoms with Crippen molar-refractivity contribution in [1.82, 2.24) is 4.90 Å². The fourth-order valence-electron chi connectivity index (χ4n) is 1.99. The predicted octanol–water partition coefficient (Wildman–Crippen LogP) is 2.15. The van der Waals surface area contributed by atoms with E-state index in [0.29, 0.717) is 25.3 Å². The molecule has 6 heteroatoms. The maximum Gasteiger partial charge on any atom is 0.387 e. The normalized spacial score (nSPS) is 19.6. The number of carbonyl (C=O) groups is 1. The minimum atomic E-state index is -2.89. The van der Waals surface area contributed by atoms with Crippen molar-refractivity contribution in [2.24, 2.45) is 0 Å². The zero-order chi connectivity index (χ0) is 13.8. The number of rotatable bonds is 3. The molecule has 1 atom stereocenters. The van der Waals surface area contributed by atoms with E-state index in [0.717, 1.165) is 0 Å². The predicted molar refractivity (Wildman–Crippen MR) is 64.4 cm³/mol. The summed E-state index contributed by atoms with van der Waals surface area (Å²) in [5.74, 6) is -0.211. The molecule has 0 aromatic heterocycles. The van der Waals surface area contributed by atoms with Gasteiger partial charge in [-0.2, -0.15) is 8.78 Å². The molecule has 1 amide bonds. The number of amides is 1. The SMILES string of the molecule is CC1CN(C(=O)c2cccc(OC(F)F)c2)CCO1. The second-order valence-corrected chi connectivity index (χ2v) is 4.34. The first-order valence-corrected chi connectivity index (χ1v) is 6.02. The highest BCUT2D eigenvalue weighted by Crippen LogP contribution is 2.18. The smallest absolute Gasteiger partial charge is 0.387 e. The molecule has 0 radical (unpaired) electrons. The van der Waals surface area contributed by atoms with Crippen molar-refractivity contribution in [1.29, 1.82) is 0 Å². The zero-order valence-corrected chi connectivity index (χ0v) is 10.5. The number of benzene rings is 1.